The van der Waals surface area contributed by atoms with Gasteiger partial charge in [0.25, 0.3) is 5.92 Å². The van der Waals surface area contributed by atoms with Crippen LogP contribution in [0.25, 0.3) is 0 Å². The van der Waals surface area contributed by atoms with E-state index < -0.39 is 19.1 Å². The molecule has 112 valence electrons. The number of aromatic nitrogens is 2. The number of aliphatic hydroxyl groups is 1. The van der Waals surface area contributed by atoms with E-state index in [4.69, 9.17) is 5.11 Å². The molecule has 0 radical (unpaired) electrons. The van der Waals surface area contributed by atoms with Crippen LogP contribution in [0.4, 0.5) is 20.4 Å². The zero-order valence-electron chi connectivity index (χ0n) is 11.7. The molecule has 20 heavy (non-hydrogen) atoms. The first-order chi connectivity index (χ1) is 9.46. The Balaban J connectivity index is 2.21. The zero-order chi connectivity index (χ0) is 14.8. The molecule has 5 nitrogen and oxygen atoms in total. The number of nitrogens with zero attached hydrogens (tertiary/aromatic N) is 2. The quantitative estimate of drug-likeness (QED) is 0.716. The van der Waals surface area contributed by atoms with Gasteiger partial charge in [0.05, 0.1) is 6.54 Å². The molecule has 0 aliphatic heterocycles. The van der Waals surface area contributed by atoms with E-state index in [0.717, 1.165) is 12.8 Å². The summed E-state index contributed by atoms with van der Waals surface area (Å²) in [5, 5.41) is 14.3. The van der Waals surface area contributed by atoms with Crippen LogP contribution in [-0.4, -0.2) is 40.7 Å². The van der Waals surface area contributed by atoms with E-state index in [1.807, 2.05) is 6.92 Å². The third-order valence-electron chi connectivity index (χ3n) is 3.20. The number of hydrogen-bond donors (Lipinski definition) is 3. The number of rotatable bonds is 7. The summed E-state index contributed by atoms with van der Waals surface area (Å²) in [6.07, 6.45) is 2.09. The topological polar surface area (TPSA) is 70.1 Å². The second-order valence-corrected chi connectivity index (χ2v) is 5.08. The first kappa shape index (κ1) is 14.9. The first-order valence-corrected chi connectivity index (χ1v) is 6.82. The van der Waals surface area contributed by atoms with Crippen LogP contribution < -0.4 is 10.6 Å². The largest absolute Gasteiger partial charge is 0.390 e. The van der Waals surface area contributed by atoms with Crippen LogP contribution in [0.3, 0.4) is 0 Å². The fraction of sp³-hybridized carbons (Fsp3) is 0.692. The maximum absolute atomic E-state index is 13.1. The molecule has 3 N–H and O–H groups in total. The number of hydrogen-bond acceptors (Lipinski definition) is 5. The summed E-state index contributed by atoms with van der Waals surface area (Å²) in [4.78, 5) is 8.79. The Morgan fingerprint density at radius 1 is 1.25 bits per heavy atom. The molecule has 0 atom stereocenters. The summed E-state index contributed by atoms with van der Waals surface area (Å²) in [7, 11) is 0. The van der Waals surface area contributed by atoms with Crippen LogP contribution in [0.5, 0.6) is 0 Å². The first-order valence-electron chi connectivity index (χ1n) is 6.82. The second-order valence-electron chi connectivity index (χ2n) is 5.08. The Bertz CT molecular complexity index is 478. The minimum atomic E-state index is -3.16. The molecule has 1 aliphatic carbocycles. The predicted molar refractivity (Wildman–Crippen MR) is 73.4 cm³/mol. The highest BCUT2D eigenvalue weighted by atomic mass is 19.3. The van der Waals surface area contributed by atoms with Gasteiger partial charge in [0.2, 0.25) is 0 Å². The molecule has 2 rings (SSSR count). The molecule has 0 amide bonds. The van der Waals surface area contributed by atoms with Crippen molar-refractivity contribution in [1.82, 2.24) is 9.97 Å². The molecule has 1 heterocycles. The third kappa shape index (κ3) is 3.53. The molecule has 1 aromatic heterocycles. The summed E-state index contributed by atoms with van der Waals surface area (Å²) in [6.45, 7) is 2.62. The molecule has 1 fully saturated rings. The molecule has 1 aliphatic rings. The molecule has 1 aromatic rings. The lowest BCUT2D eigenvalue weighted by Crippen LogP contribution is -2.31. The van der Waals surface area contributed by atoms with Crippen molar-refractivity contribution in [3.63, 3.8) is 0 Å². The summed E-state index contributed by atoms with van der Waals surface area (Å²) < 4.78 is 26.2. The standard InChI is InChI=1S/C13H20F2N4O/c1-3-16-10-8(2)11(17-6-13(14,15)7-20)19-12(18-10)9-4-5-9/h9,20H,3-7H2,1-2H3,(H2,16,17,18,19). The van der Waals surface area contributed by atoms with Gasteiger partial charge in [0, 0.05) is 18.0 Å². The van der Waals surface area contributed by atoms with Gasteiger partial charge < -0.3 is 15.7 Å². The van der Waals surface area contributed by atoms with E-state index in [9.17, 15) is 8.78 Å². The van der Waals surface area contributed by atoms with Gasteiger partial charge in [0.1, 0.15) is 24.1 Å². The fourth-order valence-electron chi connectivity index (χ4n) is 1.84. The summed E-state index contributed by atoms with van der Waals surface area (Å²) >= 11 is 0. The minimum absolute atomic E-state index is 0.340. The van der Waals surface area contributed by atoms with Crippen molar-refractivity contribution in [1.29, 1.82) is 0 Å². The zero-order valence-corrected chi connectivity index (χ0v) is 11.7. The van der Waals surface area contributed by atoms with Crippen molar-refractivity contribution in [3.05, 3.63) is 11.4 Å². The smallest absolute Gasteiger partial charge is 0.287 e. The average Bonchev–Trinajstić information content (AvgIpc) is 3.24. The molecular formula is C13H20F2N4O. The highest BCUT2D eigenvalue weighted by molar-refractivity contribution is 5.57. The van der Waals surface area contributed by atoms with Crippen molar-refractivity contribution in [2.45, 2.75) is 38.5 Å². The number of nitrogens with one attached hydrogen (secondary N) is 2. The van der Waals surface area contributed by atoms with Crippen LogP contribution in [-0.2, 0) is 0 Å². The van der Waals surface area contributed by atoms with Gasteiger partial charge >= 0.3 is 0 Å². The van der Waals surface area contributed by atoms with Gasteiger partial charge in [-0.1, -0.05) is 0 Å². The minimum Gasteiger partial charge on any atom is -0.390 e. The lowest BCUT2D eigenvalue weighted by atomic mass is 10.2. The Kier molecular flexibility index (Phi) is 4.37. The van der Waals surface area contributed by atoms with Gasteiger partial charge in [-0.2, -0.15) is 0 Å². The van der Waals surface area contributed by atoms with E-state index in [2.05, 4.69) is 20.6 Å². The number of anilines is 2. The van der Waals surface area contributed by atoms with Gasteiger partial charge in [-0.05, 0) is 26.7 Å². The normalized spacial score (nSPS) is 15.2. The van der Waals surface area contributed by atoms with Crippen molar-refractivity contribution in [2.24, 2.45) is 0 Å². The Labute approximate surface area is 116 Å². The highest BCUT2D eigenvalue weighted by Crippen LogP contribution is 2.39. The fourth-order valence-corrected chi connectivity index (χ4v) is 1.84. The van der Waals surface area contributed by atoms with Gasteiger partial charge in [-0.25, -0.2) is 18.7 Å². The van der Waals surface area contributed by atoms with Gasteiger partial charge in [0.15, 0.2) is 0 Å². The SMILES string of the molecule is CCNc1nc(C2CC2)nc(NCC(F)(F)CO)c1C. The van der Waals surface area contributed by atoms with E-state index in [0.29, 0.717) is 35.5 Å². The number of alkyl halides is 2. The van der Waals surface area contributed by atoms with Crippen molar-refractivity contribution in [2.75, 3.05) is 30.3 Å². The van der Waals surface area contributed by atoms with Crippen LogP contribution >= 0.6 is 0 Å². The van der Waals surface area contributed by atoms with Crippen LogP contribution in [0.15, 0.2) is 0 Å². The van der Waals surface area contributed by atoms with E-state index in [1.54, 1.807) is 6.92 Å². The molecule has 0 bridgehead atoms. The lowest BCUT2D eigenvalue weighted by molar-refractivity contribution is -0.0373. The Morgan fingerprint density at radius 3 is 2.35 bits per heavy atom. The Morgan fingerprint density at radius 2 is 1.85 bits per heavy atom. The molecule has 7 heteroatoms. The van der Waals surface area contributed by atoms with Crippen LogP contribution in [0.2, 0.25) is 0 Å². The highest BCUT2D eigenvalue weighted by Gasteiger charge is 2.30. The molecular weight excluding hydrogens is 266 g/mol. The summed E-state index contributed by atoms with van der Waals surface area (Å²) in [6, 6.07) is 0. The molecule has 0 saturated heterocycles. The van der Waals surface area contributed by atoms with Crippen molar-refractivity contribution >= 4 is 11.6 Å². The maximum Gasteiger partial charge on any atom is 0.287 e. The van der Waals surface area contributed by atoms with Crippen LogP contribution in [0.1, 0.15) is 37.1 Å². The summed E-state index contributed by atoms with van der Waals surface area (Å²) in [5.74, 6) is -1.03. The predicted octanol–water partition coefficient (Wildman–Crippen LogP) is 2.13. The lowest BCUT2D eigenvalue weighted by Gasteiger charge is -2.18. The average molecular weight is 286 g/mol. The van der Waals surface area contributed by atoms with Gasteiger partial charge in [-0.3, -0.25) is 0 Å². The van der Waals surface area contributed by atoms with Crippen LogP contribution in [0, 0.1) is 6.92 Å². The maximum atomic E-state index is 13.1. The molecule has 0 spiro atoms. The van der Waals surface area contributed by atoms with Crippen molar-refractivity contribution in [3.8, 4) is 0 Å². The molecule has 0 unspecified atom stereocenters. The van der Waals surface area contributed by atoms with E-state index in [-0.39, 0.29) is 0 Å². The molecule has 0 aromatic carbocycles. The molecule has 1 saturated carbocycles. The van der Waals surface area contributed by atoms with E-state index in [1.165, 1.54) is 0 Å². The Hall–Kier alpha value is -1.50. The van der Waals surface area contributed by atoms with E-state index >= 15 is 0 Å². The monoisotopic (exact) mass is 286 g/mol. The summed E-state index contributed by atoms with van der Waals surface area (Å²) in [5.41, 5.74) is 0.713. The number of halogens is 2. The third-order valence-corrected chi connectivity index (χ3v) is 3.20. The van der Waals surface area contributed by atoms with Crippen molar-refractivity contribution < 1.29 is 13.9 Å². The second kappa shape index (κ2) is 5.87. The number of aliphatic hydroxyl groups excluding tert-OH is 1. The van der Waals surface area contributed by atoms with Gasteiger partial charge in [-0.15, -0.1) is 0 Å².